The van der Waals surface area contributed by atoms with Gasteiger partial charge in [0.25, 0.3) is 0 Å². The number of benzene rings is 2. The van der Waals surface area contributed by atoms with Crippen molar-refractivity contribution >= 4 is 0 Å². The van der Waals surface area contributed by atoms with Crippen molar-refractivity contribution in [2.45, 2.75) is 18.4 Å². The molecule has 104 valence electrons. The molecule has 3 heteroatoms. The average molecular weight is 269 g/mol. The summed E-state index contributed by atoms with van der Waals surface area (Å²) in [6.45, 7) is 0. The van der Waals surface area contributed by atoms with Crippen LogP contribution in [0.15, 0.2) is 42.5 Å². The minimum atomic E-state index is -0.0334. The maximum absolute atomic E-state index is 6.45. The Bertz CT molecular complexity index is 602. The van der Waals surface area contributed by atoms with Crippen LogP contribution in [0.4, 0.5) is 0 Å². The van der Waals surface area contributed by atoms with Crippen LogP contribution in [-0.4, -0.2) is 14.2 Å². The molecule has 3 nitrogen and oxygen atoms in total. The van der Waals surface area contributed by atoms with E-state index in [9.17, 15) is 0 Å². The highest BCUT2D eigenvalue weighted by Crippen LogP contribution is 2.43. The van der Waals surface area contributed by atoms with Gasteiger partial charge < -0.3 is 15.2 Å². The van der Waals surface area contributed by atoms with Gasteiger partial charge in [0.1, 0.15) is 11.5 Å². The molecule has 0 saturated heterocycles. The second-order valence-electron chi connectivity index (χ2n) is 5.18. The van der Waals surface area contributed by atoms with Gasteiger partial charge in [-0.1, -0.05) is 24.3 Å². The first-order chi connectivity index (χ1) is 9.72. The molecule has 0 saturated carbocycles. The van der Waals surface area contributed by atoms with Gasteiger partial charge in [0.15, 0.2) is 0 Å². The Morgan fingerprint density at radius 1 is 1.05 bits per heavy atom. The summed E-state index contributed by atoms with van der Waals surface area (Å²) in [6.07, 6.45) is 1.04. The van der Waals surface area contributed by atoms with Crippen molar-refractivity contribution in [2.24, 2.45) is 5.73 Å². The van der Waals surface area contributed by atoms with E-state index < -0.39 is 0 Å². The maximum atomic E-state index is 6.45. The van der Waals surface area contributed by atoms with Gasteiger partial charge in [-0.05, 0) is 35.2 Å². The summed E-state index contributed by atoms with van der Waals surface area (Å²) in [6, 6.07) is 14.3. The summed E-state index contributed by atoms with van der Waals surface area (Å²) in [7, 11) is 3.31. The van der Waals surface area contributed by atoms with Crippen molar-refractivity contribution in [3.63, 3.8) is 0 Å². The van der Waals surface area contributed by atoms with Crippen molar-refractivity contribution in [3.8, 4) is 11.5 Å². The molecule has 0 aliphatic heterocycles. The van der Waals surface area contributed by atoms with Crippen LogP contribution in [0.2, 0.25) is 0 Å². The van der Waals surface area contributed by atoms with E-state index in [2.05, 4.69) is 24.3 Å². The van der Waals surface area contributed by atoms with Crippen LogP contribution in [0, 0.1) is 0 Å². The van der Waals surface area contributed by atoms with E-state index in [1.807, 2.05) is 18.2 Å². The number of rotatable bonds is 4. The van der Waals surface area contributed by atoms with Crippen LogP contribution in [0.25, 0.3) is 0 Å². The molecule has 2 aromatic rings. The maximum Gasteiger partial charge on any atom is 0.122 e. The van der Waals surface area contributed by atoms with Crippen LogP contribution in [0.3, 0.4) is 0 Å². The van der Waals surface area contributed by atoms with Gasteiger partial charge >= 0.3 is 0 Å². The molecule has 1 aliphatic carbocycles. The van der Waals surface area contributed by atoms with Crippen LogP contribution >= 0.6 is 0 Å². The highest BCUT2D eigenvalue weighted by molar-refractivity contribution is 5.46. The van der Waals surface area contributed by atoms with Gasteiger partial charge in [-0.25, -0.2) is 0 Å². The van der Waals surface area contributed by atoms with E-state index in [0.717, 1.165) is 23.5 Å². The first kappa shape index (κ1) is 13.0. The molecule has 0 radical (unpaired) electrons. The molecule has 0 amide bonds. The normalized spacial score (nSPS) is 17.9. The van der Waals surface area contributed by atoms with Gasteiger partial charge in [-0.2, -0.15) is 0 Å². The fraction of sp³-hybridized carbons (Fsp3) is 0.294. The first-order valence-electron chi connectivity index (χ1n) is 6.79. The van der Waals surface area contributed by atoms with E-state index in [1.54, 1.807) is 14.2 Å². The monoisotopic (exact) mass is 269 g/mol. The van der Waals surface area contributed by atoms with Crippen LogP contribution in [-0.2, 0) is 6.42 Å². The summed E-state index contributed by atoms with van der Waals surface area (Å²) < 4.78 is 10.6. The number of hydrogen-bond donors (Lipinski definition) is 1. The van der Waals surface area contributed by atoms with E-state index in [-0.39, 0.29) is 6.04 Å². The zero-order valence-electron chi connectivity index (χ0n) is 11.8. The molecule has 0 aromatic heterocycles. The Morgan fingerprint density at radius 3 is 2.30 bits per heavy atom. The molecule has 2 atom stereocenters. The third kappa shape index (κ3) is 2.14. The number of hydrogen-bond acceptors (Lipinski definition) is 3. The van der Waals surface area contributed by atoms with Gasteiger partial charge in [-0.3, -0.25) is 0 Å². The standard InChI is InChI=1S/C17H19NO2/c1-19-13-7-12(8-14(10-13)20-2)17(18)16-9-11-5-3-4-6-15(11)16/h3-8,10,16-17H,9,18H2,1-2H3. The van der Waals surface area contributed by atoms with Crippen molar-refractivity contribution in [2.75, 3.05) is 14.2 Å². The number of nitrogens with two attached hydrogens (primary N) is 1. The highest BCUT2D eigenvalue weighted by Gasteiger charge is 2.31. The molecule has 0 bridgehead atoms. The third-order valence-electron chi connectivity index (χ3n) is 4.09. The lowest BCUT2D eigenvalue weighted by Crippen LogP contribution is -2.28. The molecule has 20 heavy (non-hydrogen) atoms. The molecule has 0 heterocycles. The topological polar surface area (TPSA) is 44.5 Å². The second-order valence-corrected chi connectivity index (χ2v) is 5.18. The Hall–Kier alpha value is -2.00. The van der Waals surface area contributed by atoms with Gasteiger partial charge in [0.2, 0.25) is 0 Å². The molecular weight excluding hydrogens is 250 g/mol. The molecule has 0 spiro atoms. The Balaban J connectivity index is 1.90. The van der Waals surface area contributed by atoms with Gasteiger partial charge in [0.05, 0.1) is 14.2 Å². The van der Waals surface area contributed by atoms with Crippen LogP contribution < -0.4 is 15.2 Å². The van der Waals surface area contributed by atoms with Crippen LogP contribution in [0.1, 0.15) is 28.7 Å². The lowest BCUT2D eigenvalue weighted by Gasteiger charge is -2.35. The predicted molar refractivity (Wildman–Crippen MR) is 79.4 cm³/mol. The fourth-order valence-electron chi connectivity index (χ4n) is 2.87. The van der Waals surface area contributed by atoms with E-state index in [0.29, 0.717) is 5.92 Å². The molecule has 2 N–H and O–H groups in total. The minimum absolute atomic E-state index is 0.0334. The minimum Gasteiger partial charge on any atom is -0.497 e. The predicted octanol–water partition coefficient (Wildman–Crippen LogP) is 3.04. The number of methoxy groups -OCH3 is 2. The Labute approximate surface area is 119 Å². The zero-order chi connectivity index (χ0) is 14.1. The Morgan fingerprint density at radius 2 is 1.70 bits per heavy atom. The van der Waals surface area contributed by atoms with Crippen molar-refractivity contribution in [3.05, 3.63) is 59.2 Å². The molecule has 3 rings (SSSR count). The summed E-state index contributed by atoms with van der Waals surface area (Å²) in [5.41, 5.74) is 10.3. The van der Waals surface area contributed by atoms with Gasteiger partial charge in [0, 0.05) is 18.0 Å². The Kier molecular flexibility index (Phi) is 3.36. The summed E-state index contributed by atoms with van der Waals surface area (Å²) in [5, 5.41) is 0. The lowest BCUT2D eigenvalue weighted by atomic mass is 9.72. The van der Waals surface area contributed by atoms with E-state index in [4.69, 9.17) is 15.2 Å². The third-order valence-corrected chi connectivity index (χ3v) is 4.09. The summed E-state index contributed by atoms with van der Waals surface area (Å²) in [4.78, 5) is 0. The molecular formula is C17H19NO2. The second kappa shape index (κ2) is 5.17. The zero-order valence-corrected chi connectivity index (χ0v) is 11.8. The molecule has 1 aliphatic rings. The summed E-state index contributed by atoms with van der Waals surface area (Å²) >= 11 is 0. The average Bonchev–Trinajstić information content (AvgIpc) is 2.47. The van der Waals surface area contributed by atoms with Crippen molar-refractivity contribution < 1.29 is 9.47 Å². The van der Waals surface area contributed by atoms with Crippen LogP contribution in [0.5, 0.6) is 11.5 Å². The SMILES string of the molecule is COc1cc(OC)cc(C(N)C2Cc3ccccc32)c1. The molecule has 2 aromatic carbocycles. The smallest absolute Gasteiger partial charge is 0.122 e. The quantitative estimate of drug-likeness (QED) is 0.927. The first-order valence-corrected chi connectivity index (χ1v) is 6.79. The summed E-state index contributed by atoms with van der Waals surface area (Å²) in [5.74, 6) is 1.94. The molecule has 2 unspecified atom stereocenters. The van der Waals surface area contributed by atoms with Gasteiger partial charge in [-0.15, -0.1) is 0 Å². The largest absolute Gasteiger partial charge is 0.497 e. The molecule has 0 fully saturated rings. The number of fused-ring (bicyclic) bond motifs is 1. The van der Waals surface area contributed by atoms with Crippen molar-refractivity contribution in [1.82, 2.24) is 0 Å². The fourth-order valence-corrected chi connectivity index (χ4v) is 2.87. The highest BCUT2D eigenvalue weighted by atomic mass is 16.5. The van der Waals surface area contributed by atoms with Crippen molar-refractivity contribution in [1.29, 1.82) is 0 Å². The van der Waals surface area contributed by atoms with E-state index in [1.165, 1.54) is 11.1 Å². The van der Waals surface area contributed by atoms with E-state index >= 15 is 0 Å². The number of ether oxygens (including phenoxy) is 2. The lowest BCUT2D eigenvalue weighted by molar-refractivity contribution is 0.391.